The fraction of sp³-hybridized carbons (Fsp3) is 0.158. The summed E-state index contributed by atoms with van der Waals surface area (Å²) in [6.07, 6.45) is 0. The molecule has 2 N–H and O–H groups in total. The molecule has 2 heteroatoms. The predicted octanol–water partition coefficient (Wildman–Crippen LogP) is 4.06. The third-order valence-electron chi connectivity index (χ3n) is 3.63. The van der Waals surface area contributed by atoms with Gasteiger partial charge in [0, 0.05) is 0 Å². The van der Waals surface area contributed by atoms with E-state index in [2.05, 4.69) is 42.5 Å². The summed E-state index contributed by atoms with van der Waals surface area (Å²) >= 11 is 0. The average Bonchev–Trinajstić information content (AvgIpc) is 2.55. The highest BCUT2D eigenvalue weighted by atomic mass is 16.5. The average molecular weight is 277 g/mol. The number of hydrogen-bond acceptors (Lipinski definition) is 2. The van der Waals surface area contributed by atoms with Crippen LogP contribution in [0.1, 0.15) is 17.2 Å². The van der Waals surface area contributed by atoms with Crippen LogP contribution < -0.4 is 5.73 Å². The molecule has 2 nitrogen and oxygen atoms in total. The van der Waals surface area contributed by atoms with Crippen LogP contribution >= 0.6 is 0 Å². The van der Waals surface area contributed by atoms with Crippen molar-refractivity contribution in [3.8, 4) is 0 Å². The summed E-state index contributed by atoms with van der Waals surface area (Å²) in [4.78, 5) is 0. The number of benzene rings is 3. The molecule has 0 fully saturated rings. The van der Waals surface area contributed by atoms with E-state index in [9.17, 15) is 0 Å². The van der Waals surface area contributed by atoms with E-state index in [1.54, 1.807) is 0 Å². The van der Waals surface area contributed by atoms with E-state index in [-0.39, 0.29) is 6.04 Å². The molecule has 0 saturated heterocycles. The highest BCUT2D eigenvalue weighted by molar-refractivity contribution is 5.86. The lowest BCUT2D eigenvalue weighted by Crippen LogP contribution is -2.17. The lowest BCUT2D eigenvalue weighted by atomic mass is 10.00. The van der Waals surface area contributed by atoms with Crippen LogP contribution in [-0.2, 0) is 11.3 Å². The molecule has 0 saturated carbocycles. The molecule has 0 aromatic heterocycles. The predicted molar refractivity (Wildman–Crippen MR) is 87.0 cm³/mol. The Labute approximate surface area is 125 Å². The van der Waals surface area contributed by atoms with E-state index in [4.69, 9.17) is 10.5 Å². The molecule has 1 atom stereocenters. The number of fused-ring (bicyclic) bond motifs is 1. The van der Waals surface area contributed by atoms with Crippen molar-refractivity contribution in [3.05, 3.63) is 83.9 Å². The monoisotopic (exact) mass is 277 g/mol. The summed E-state index contributed by atoms with van der Waals surface area (Å²) in [7, 11) is 0. The molecule has 1 unspecified atom stereocenters. The number of nitrogens with two attached hydrogens (primary N) is 1. The van der Waals surface area contributed by atoms with E-state index in [0.29, 0.717) is 13.2 Å². The fourth-order valence-corrected chi connectivity index (χ4v) is 2.54. The van der Waals surface area contributed by atoms with Gasteiger partial charge in [0.05, 0.1) is 19.3 Å². The van der Waals surface area contributed by atoms with Crippen molar-refractivity contribution < 1.29 is 4.74 Å². The second-order valence-electron chi connectivity index (χ2n) is 5.18. The number of rotatable bonds is 5. The van der Waals surface area contributed by atoms with Gasteiger partial charge in [0.25, 0.3) is 0 Å². The van der Waals surface area contributed by atoms with Crippen LogP contribution in [0.25, 0.3) is 10.8 Å². The molecular formula is C19H19NO. The Balaban J connectivity index is 1.68. The Kier molecular flexibility index (Phi) is 4.29. The summed E-state index contributed by atoms with van der Waals surface area (Å²) in [5, 5.41) is 2.42. The van der Waals surface area contributed by atoms with Crippen LogP contribution in [0.15, 0.2) is 72.8 Å². The normalized spacial score (nSPS) is 12.4. The third kappa shape index (κ3) is 3.30. The quantitative estimate of drug-likeness (QED) is 0.763. The van der Waals surface area contributed by atoms with Crippen molar-refractivity contribution >= 4 is 10.8 Å². The third-order valence-corrected chi connectivity index (χ3v) is 3.63. The van der Waals surface area contributed by atoms with Crippen molar-refractivity contribution in [1.29, 1.82) is 0 Å². The second-order valence-corrected chi connectivity index (χ2v) is 5.18. The van der Waals surface area contributed by atoms with Crippen molar-refractivity contribution in [1.82, 2.24) is 0 Å². The number of hydrogen-bond donors (Lipinski definition) is 1. The van der Waals surface area contributed by atoms with Crippen molar-refractivity contribution in [2.24, 2.45) is 5.73 Å². The first-order chi connectivity index (χ1) is 10.3. The summed E-state index contributed by atoms with van der Waals surface area (Å²) in [5.41, 5.74) is 8.61. The highest BCUT2D eigenvalue weighted by Crippen LogP contribution is 2.23. The lowest BCUT2D eigenvalue weighted by Gasteiger charge is -2.15. The summed E-state index contributed by atoms with van der Waals surface area (Å²) in [5.74, 6) is 0. The van der Waals surface area contributed by atoms with Crippen LogP contribution in [0, 0.1) is 0 Å². The van der Waals surface area contributed by atoms with Crippen molar-refractivity contribution in [3.63, 3.8) is 0 Å². The molecular weight excluding hydrogens is 258 g/mol. The van der Waals surface area contributed by atoms with Crippen LogP contribution in [0.2, 0.25) is 0 Å². The van der Waals surface area contributed by atoms with Gasteiger partial charge in [0.1, 0.15) is 0 Å². The molecule has 0 radical (unpaired) electrons. The zero-order chi connectivity index (χ0) is 14.5. The second kappa shape index (κ2) is 6.53. The van der Waals surface area contributed by atoms with E-state index < -0.39 is 0 Å². The van der Waals surface area contributed by atoms with E-state index >= 15 is 0 Å². The standard InChI is InChI=1S/C19H19NO/c20-19(14-21-13-15-7-2-1-3-8-15)18-12-6-10-16-9-4-5-11-17(16)18/h1-12,19H,13-14,20H2. The highest BCUT2D eigenvalue weighted by Gasteiger charge is 2.09. The van der Waals surface area contributed by atoms with Crippen LogP contribution in [-0.4, -0.2) is 6.61 Å². The van der Waals surface area contributed by atoms with Crippen LogP contribution in [0.4, 0.5) is 0 Å². The Bertz CT molecular complexity index is 704. The fourth-order valence-electron chi connectivity index (χ4n) is 2.54. The van der Waals surface area contributed by atoms with Gasteiger partial charge in [-0.15, -0.1) is 0 Å². The zero-order valence-corrected chi connectivity index (χ0v) is 11.9. The van der Waals surface area contributed by atoms with Crippen molar-refractivity contribution in [2.45, 2.75) is 12.6 Å². The number of ether oxygens (including phenoxy) is 1. The summed E-state index contributed by atoms with van der Waals surface area (Å²) in [6, 6.07) is 24.6. The Hall–Kier alpha value is -2.16. The Morgan fingerprint density at radius 3 is 2.38 bits per heavy atom. The van der Waals surface area contributed by atoms with Crippen LogP contribution in [0.5, 0.6) is 0 Å². The minimum Gasteiger partial charge on any atom is -0.375 e. The van der Waals surface area contributed by atoms with Gasteiger partial charge in [-0.3, -0.25) is 0 Å². The van der Waals surface area contributed by atoms with Gasteiger partial charge >= 0.3 is 0 Å². The maximum Gasteiger partial charge on any atom is 0.0717 e. The van der Waals surface area contributed by atoms with Gasteiger partial charge in [-0.05, 0) is 21.9 Å². The van der Waals surface area contributed by atoms with E-state index in [1.165, 1.54) is 16.3 Å². The largest absolute Gasteiger partial charge is 0.375 e. The van der Waals surface area contributed by atoms with Crippen molar-refractivity contribution in [2.75, 3.05) is 6.61 Å². The molecule has 3 rings (SSSR count). The molecule has 0 spiro atoms. The maximum atomic E-state index is 6.30. The molecule has 106 valence electrons. The first kappa shape index (κ1) is 13.8. The molecule has 0 bridgehead atoms. The van der Waals surface area contributed by atoms with Gasteiger partial charge in [0.15, 0.2) is 0 Å². The zero-order valence-electron chi connectivity index (χ0n) is 11.9. The minimum atomic E-state index is -0.111. The first-order valence-electron chi connectivity index (χ1n) is 7.19. The maximum absolute atomic E-state index is 6.30. The molecule has 3 aromatic rings. The van der Waals surface area contributed by atoms with Crippen LogP contribution in [0.3, 0.4) is 0 Å². The summed E-state index contributed by atoms with van der Waals surface area (Å²) < 4.78 is 5.76. The minimum absolute atomic E-state index is 0.111. The lowest BCUT2D eigenvalue weighted by molar-refractivity contribution is 0.108. The SMILES string of the molecule is NC(COCc1ccccc1)c1cccc2ccccc12. The molecule has 21 heavy (non-hydrogen) atoms. The molecule has 3 aromatic carbocycles. The Morgan fingerprint density at radius 2 is 1.52 bits per heavy atom. The summed E-state index contributed by atoms with van der Waals surface area (Å²) in [6.45, 7) is 1.11. The van der Waals surface area contributed by atoms with Gasteiger partial charge in [-0.2, -0.15) is 0 Å². The van der Waals surface area contributed by atoms with Gasteiger partial charge < -0.3 is 10.5 Å². The van der Waals surface area contributed by atoms with Gasteiger partial charge in [-0.25, -0.2) is 0 Å². The van der Waals surface area contributed by atoms with Gasteiger partial charge in [0.2, 0.25) is 0 Å². The smallest absolute Gasteiger partial charge is 0.0717 e. The van der Waals surface area contributed by atoms with Gasteiger partial charge in [-0.1, -0.05) is 72.8 Å². The first-order valence-corrected chi connectivity index (χ1v) is 7.19. The molecule has 0 aliphatic rings. The van der Waals surface area contributed by atoms with E-state index in [0.717, 1.165) is 5.56 Å². The molecule has 0 amide bonds. The molecule has 0 heterocycles. The topological polar surface area (TPSA) is 35.2 Å². The molecule has 0 aliphatic carbocycles. The van der Waals surface area contributed by atoms with E-state index in [1.807, 2.05) is 30.3 Å². The Morgan fingerprint density at radius 1 is 0.810 bits per heavy atom. The molecule has 0 aliphatic heterocycles.